The maximum Gasteiger partial charge on any atom is 0.306 e. The van der Waals surface area contributed by atoms with Crippen molar-refractivity contribution >= 4 is 0 Å². The molecule has 0 amide bonds. The number of phenolic OH excluding ortho intramolecular Hbond substituents is 1. The van der Waals surface area contributed by atoms with Crippen LogP contribution in [0.4, 0.5) is 8.78 Å². The van der Waals surface area contributed by atoms with Crippen molar-refractivity contribution in [1.29, 1.82) is 0 Å². The molecular formula is C25H27F2NO3. The predicted octanol–water partition coefficient (Wildman–Crippen LogP) is 4.82. The smallest absolute Gasteiger partial charge is 0.306 e. The van der Waals surface area contributed by atoms with E-state index in [0.717, 1.165) is 11.1 Å². The monoisotopic (exact) mass is 427 g/mol. The second-order valence-electron chi connectivity index (χ2n) is 7.62. The highest BCUT2D eigenvalue weighted by Crippen LogP contribution is 2.28. The fourth-order valence-corrected chi connectivity index (χ4v) is 3.21. The molecule has 0 fully saturated rings. The zero-order chi connectivity index (χ0) is 22.3. The summed E-state index contributed by atoms with van der Waals surface area (Å²) in [7, 11) is 0. The van der Waals surface area contributed by atoms with Crippen LogP contribution in [0.5, 0.6) is 11.5 Å². The van der Waals surface area contributed by atoms with E-state index in [9.17, 15) is 19.0 Å². The van der Waals surface area contributed by atoms with Gasteiger partial charge in [-0.3, -0.25) is 0 Å². The van der Waals surface area contributed by atoms with Crippen molar-refractivity contribution in [2.24, 2.45) is 0 Å². The molecule has 31 heavy (non-hydrogen) atoms. The van der Waals surface area contributed by atoms with Gasteiger partial charge in [-0.25, -0.2) is 0 Å². The van der Waals surface area contributed by atoms with Crippen molar-refractivity contribution in [2.45, 2.75) is 31.4 Å². The molecule has 6 heteroatoms. The Balaban J connectivity index is 1.45. The minimum Gasteiger partial charge on any atom is -0.508 e. The maximum absolute atomic E-state index is 14.2. The molecule has 4 nitrogen and oxygen atoms in total. The normalized spacial score (nSPS) is 13.5. The fourth-order valence-electron chi connectivity index (χ4n) is 3.21. The Morgan fingerprint density at radius 3 is 2.23 bits per heavy atom. The van der Waals surface area contributed by atoms with Crippen LogP contribution in [0.15, 0.2) is 78.9 Å². The molecule has 2 atom stereocenters. The van der Waals surface area contributed by atoms with Gasteiger partial charge in [0.2, 0.25) is 0 Å². The fraction of sp³-hybridized carbons (Fsp3) is 0.280. The topological polar surface area (TPSA) is 61.7 Å². The van der Waals surface area contributed by atoms with E-state index in [-0.39, 0.29) is 17.4 Å². The van der Waals surface area contributed by atoms with Gasteiger partial charge in [0.15, 0.2) is 6.61 Å². The number of phenols is 1. The van der Waals surface area contributed by atoms with E-state index >= 15 is 0 Å². The molecule has 3 rings (SSSR count). The van der Waals surface area contributed by atoms with E-state index in [1.165, 1.54) is 12.1 Å². The average molecular weight is 427 g/mol. The van der Waals surface area contributed by atoms with E-state index in [0.29, 0.717) is 18.7 Å². The molecule has 164 valence electrons. The van der Waals surface area contributed by atoms with Crippen molar-refractivity contribution in [2.75, 3.05) is 13.2 Å². The van der Waals surface area contributed by atoms with Crippen LogP contribution in [0.25, 0.3) is 0 Å². The molecule has 3 aromatic carbocycles. The van der Waals surface area contributed by atoms with Crippen LogP contribution < -0.4 is 10.1 Å². The van der Waals surface area contributed by atoms with Gasteiger partial charge >= 0.3 is 5.92 Å². The number of alkyl halides is 2. The molecule has 0 aliphatic rings. The van der Waals surface area contributed by atoms with Crippen molar-refractivity contribution in [3.8, 4) is 11.5 Å². The molecule has 0 aliphatic carbocycles. The number of aliphatic hydroxyl groups is 1. The number of hydrogen-bond acceptors (Lipinski definition) is 4. The second kappa shape index (κ2) is 10.4. The first-order chi connectivity index (χ1) is 14.8. The third kappa shape index (κ3) is 6.77. The summed E-state index contributed by atoms with van der Waals surface area (Å²) in [4.78, 5) is 0. The Morgan fingerprint density at radius 2 is 1.58 bits per heavy atom. The molecule has 3 N–H and O–H groups in total. The van der Waals surface area contributed by atoms with E-state index < -0.39 is 18.6 Å². The van der Waals surface area contributed by atoms with Gasteiger partial charge in [-0.2, -0.15) is 8.78 Å². The lowest BCUT2D eigenvalue weighted by atomic mass is 10.1. The predicted molar refractivity (Wildman–Crippen MR) is 117 cm³/mol. The van der Waals surface area contributed by atoms with Gasteiger partial charge in [-0.1, -0.05) is 54.6 Å². The Morgan fingerprint density at radius 1 is 0.935 bits per heavy atom. The Labute approximate surface area is 181 Å². The lowest BCUT2D eigenvalue weighted by molar-refractivity contribution is -0.0467. The average Bonchev–Trinajstić information content (AvgIpc) is 2.78. The maximum atomic E-state index is 14.2. The first kappa shape index (κ1) is 22.7. The summed E-state index contributed by atoms with van der Waals surface area (Å²) < 4.78 is 33.7. The first-order valence-corrected chi connectivity index (χ1v) is 10.2. The van der Waals surface area contributed by atoms with Crippen LogP contribution in [0, 0.1) is 0 Å². The summed E-state index contributed by atoms with van der Waals surface area (Å²) in [6.45, 7) is 1.67. The number of hydrogen-bond donors (Lipinski definition) is 3. The number of rotatable bonds is 10. The molecule has 0 radical (unpaired) electrons. The highest BCUT2D eigenvalue weighted by molar-refractivity contribution is 5.29. The summed E-state index contributed by atoms with van der Waals surface area (Å²) in [6.07, 6.45) is 0.0352. The van der Waals surface area contributed by atoms with E-state index in [1.54, 1.807) is 54.6 Å². The molecule has 3 aromatic rings. The molecule has 0 heterocycles. The van der Waals surface area contributed by atoms with Gasteiger partial charge in [0.05, 0.1) is 6.10 Å². The van der Waals surface area contributed by atoms with E-state index in [1.807, 2.05) is 19.1 Å². The first-order valence-electron chi connectivity index (χ1n) is 10.2. The van der Waals surface area contributed by atoms with E-state index in [4.69, 9.17) is 4.74 Å². The molecule has 0 saturated carbocycles. The van der Waals surface area contributed by atoms with Crippen LogP contribution in [-0.2, 0) is 12.3 Å². The minimum absolute atomic E-state index is 0.0685. The van der Waals surface area contributed by atoms with Crippen LogP contribution in [-0.4, -0.2) is 29.4 Å². The number of benzene rings is 3. The van der Waals surface area contributed by atoms with Crippen LogP contribution in [0.3, 0.4) is 0 Å². The third-order valence-corrected chi connectivity index (χ3v) is 5.02. The number of ether oxygens (including phenoxy) is 1. The van der Waals surface area contributed by atoms with E-state index in [2.05, 4.69) is 5.32 Å². The molecule has 0 bridgehead atoms. The summed E-state index contributed by atoms with van der Waals surface area (Å²) in [5.41, 5.74) is 1.69. The summed E-state index contributed by atoms with van der Waals surface area (Å²) in [5, 5.41) is 22.8. The molecule has 0 aromatic heterocycles. The number of halogens is 2. The number of aliphatic hydroxyl groups excluding tert-OH is 1. The minimum atomic E-state index is -3.06. The van der Waals surface area contributed by atoms with Gasteiger partial charge in [0.1, 0.15) is 11.5 Å². The standard InChI is InChI=1S/C25H27F2NO3/c1-18(28-16-24(30)20-9-11-22(29)12-10-20)15-19-7-13-23(14-8-19)31-17-25(26,27)21-5-3-2-4-6-21/h2-14,18,24,28-30H,15-17H2,1H3/t18-,24+/m1/s1. The SMILES string of the molecule is C[C@H](Cc1ccc(OCC(F)(F)c2ccccc2)cc1)NC[C@H](O)c1ccc(O)cc1. The largest absolute Gasteiger partial charge is 0.508 e. The Bertz CT molecular complexity index is 931. The van der Waals surface area contributed by atoms with Crippen LogP contribution in [0.2, 0.25) is 0 Å². The van der Waals surface area contributed by atoms with Crippen LogP contribution in [0.1, 0.15) is 29.7 Å². The van der Waals surface area contributed by atoms with Gasteiger partial charge in [-0.05, 0) is 48.7 Å². The Kier molecular flexibility index (Phi) is 7.60. The lowest BCUT2D eigenvalue weighted by Gasteiger charge is -2.19. The zero-order valence-electron chi connectivity index (χ0n) is 17.3. The molecular weight excluding hydrogens is 400 g/mol. The second-order valence-corrected chi connectivity index (χ2v) is 7.62. The highest BCUT2D eigenvalue weighted by atomic mass is 19.3. The number of aromatic hydroxyl groups is 1. The Hall–Kier alpha value is -2.96. The van der Waals surface area contributed by atoms with Gasteiger partial charge in [-0.15, -0.1) is 0 Å². The summed E-state index contributed by atoms with van der Waals surface area (Å²) >= 11 is 0. The van der Waals surface area contributed by atoms with Crippen molar-refractivity contribution in [3.05, 3.63) is 95.6 Å². The summed E-state index contributed by atoms with van der Waals surface area (Å²) in [6, 6.07) is 21.3. The van der Waals surface area contributed by atoms with Gasteiger partial charge in [0.25, 0.3) is 0 Å². The van der Waals surface area contributed by atoms with Crippen molar-refractivity contribution in [1.82, 2.24) is 5.32 Å². The van der Waals surface area contributed by atoms with Crippen LogP contribution >= 0.6 is 0 Å². The van der Waals surface area contributed by atoms with Crippen molar-refractivity contribution < 1.29 is 23.7 Å². The zero-order valence-corrected chi connectivity index (χ0v) is 17.3. The lowest BCUT2D eigenvalue weighted by Crippen LogP contribution is -2.32. The quantitative estimate of drug-likeness (QED) is 0.434. The molecule has 0 saturated heterocycles. The van der Waals surface area contributed by atoms with Crippen molar-refractivity contribution in [3.63, 3.8) is 0 Å². The molecule has 0 unspecified atom stereocenters. The summed E-state index contributed by atoms with van der Waals surface area (Å²) in [5.74, 6) is -2.51. The van der Waals surface area contributed by atoms with Gasteiger partial charge in [0, 0.05) is 18.2 Å². The third-order valence-electron chi connectivity index (χ3n) is 5.02. The van der Waals surface area contributed by atoms with Gasteiger partial charge < -0.3 is 20.3 Å². The molecule has 0 aliphatic heterocycles. The molecule has 0 spiro atoms. The number of nitrogens with one attached hydrogen (secondary N) is 1. The highest BCUT2D eigenvalue weighted by Gasteiger charge is 2.32.